The van der Waals surface area contributed by atoms with Crippen molar-refractivity contribution in [2.45, 2.75) is 33.4 Å². The lowest BCUT2D eigenvalue weighted by Crippen LogP contribution is -2.49. The summed E-state index contributed by atoms with van der Waals surface area (Å²) in [7, 11) is 1.50. The van der Waals surface area contributed by atoms with E-state index in [4.69, 9.17) is 5.11 Å². The number of hydrogen-bond donors (Lipinski definition) is 1. The van der Waals surface area contributed by atoms with Crippen LogP contribution in [0.15, 0.2) is 0 Å². The van der Waals surface area contributed by atoms with Gasteiger partial charge in [-0.1, -0.05) is 20.8 Å². The van der Waals surface area contributed by atoms with Crippen molar-refractivity contribution in [2.24, 2.45) is 10.8 Å². The smallest absolute Gasteiger partial charge is 0.406 e. The van der Waals surface area contributed by atoms with Gasteiger partial charge in [-0.3, -0.25) is 4.79 Å². The molecule has 122 valence electrons. The van der Waals surface area contributed by atoms with Crippen LogP contribution in [0.4, 0.5) is 18.0 Å². The lowest BCUT2D eigenvalue weighted by molar-refractivity contribution is -0.227. The van der Waals surface area contributed by atoms with Crippen LogP contribution in [0.5, 0.6) is 0 Å². The second-order valence-electron chi connectivity index (χ2n) is 6.76. The molecular weight excluding hydrogens is 289 g/mol. The highest BCUT2D eigenvalue weighted by atomic mass is 19.4. The molecule has 1 fully saturated rings. The Morgan fingerprint density at radius 3 is 2.14 bits per heavy atom. The van der Waals surface area contributed by atoms with Gasteiger partial charge in [0.15, 0.2) is 5.41 Å². The van der Waals surface area contributed by atoms with Gasteiger partial charge in [0.25, 0.3) is 0 Å². The molecule has 1 aliphatic rings. The van der Waals surface area contributed by atoms with Gasteiger partial charge in [0, 0.05) is 26.7 Å². The van der Waals surface area contributed by atoms with Crippen LogP contribution < -0.4 is 0 Å². The number of urea groups is 1. The van der Waals surface area contributed by atoms with E-state index < -0.39 is 36.6 Å². The average molecular weight is 310 g/mol. The number of halogens is 3. The van der Waals surface area contributed by atoms with Crippen molar-refractivity contribution in [3.8, 4) is 0 Å². The summed E-state index contributed by atoms with van der Waals surface area (Å²) < 4.78 is 39.1. The number of carbonyl (C=O) groups excluding carboxylic acids is 1. The lowest BCUT2D eigenvalue weighted by atomic mass is 9.86. The van der Waals surface area contributed by atoms with Gasteiger partial charge in [0.1, 0.15) is 0 Å². The molecule has 1 unspecified atom stereocenters. The van der Waals surface area contributed by atoms with Gasteiger partial charge in [0.2, 0.25) is 0 Å². The summed E-state index contributed by atoms with van der Waals surface area (Å²) in [5, 5.41) is 8.95. The zero-order chi connectivity index (χ0) is 16.6. The molecule has 1 atom stereocenters. The fourth-order valence-electron chi connectivity index (χ4n) is 2.52. The highest BCUT2D eigenvalue weighted by molar-refractivity contribution is 5.80. The summed E-state index contributed by atoms with van der Waals surface area (Å²) in [5.74, 6) is -1.93. The van der Waals surface area contributed by atoms with E-state index in [0.717, 1.165) is 4.90 Å². The fraction of sp³-hybridized carbons (Fsp3) is 0.846. The maximum atomic E-state index is 13.0. The normalized spacial score (nSPS) is 23.3. The third kappa shape index (κ3) is 3.59. The van der Waals surface area contributed by atoms with E-state index in [-0.39, 0.29) is 12.0 Å². The third-order valence-corrected chi connectivity index (χ3v) is 3.53. The molecule has 1 N–H and O–H groups in total. The minimum Gasteiger partial charge on any atom is -0.481 e. The van der Waals surface area contributed by atoms with Crippen LogP contribution in [0.2, 0.25) is 0 Å². The number of likely N-dealkylation sites (tertiary alicyclic amines) is 1. The molecule has 1 aliphatic heterocycles. The summed E-state index contributed by atoms with van der Waals surface area (Å²) in [5.41, 5.74) is -3.05. The SMILES string of the molecule is CN(CC(C)(C)C)C(=O)N1CCC(C(=O)O)(C(F)(F)F)C1. The van der Waals surface area contributed by atoms with Gasteiger partial charge in [0.05, 0.1) is 0 Å². The molecule has 8 heteroatoms. The second kappa shape index (κ2) is 5.38. The number of hydrogen-bond acceptors (Lipinski definition) is 2. The average Bonchev–Trinajstić information content (AvgIpc) is 2.70. The molecule has 2 amide bonds. The van der Waals surface area contributed by atoms with E-state index in [1.807, 2.05) is 20.8 Å². The van der Waals surface area contributed by atoms with Gasteiger partial charge in [-0.2, -0.15) is 13.2 Å². The van der Waals surface area contributed by atoms with Crippen molar-refractivity contribution in [3.63, 3.8) is 0 Å². The second-order valence-corrected chi connectivity index (χ2v) is 6.76. The molecule has 0 radical (unpaired) electrons. The molecule has 0 bridgehead atoms. The highest BCUT2D eigenvalue weighted by Gasteiger charge is 2.64. The van der Waals surface area contributed by atoms with Crippen molar-refractivity contribution in [1.29, 1.82) is 0 Å². The number of carbonyl (C=O) groups is 2. The number of rotatable bonds is 2. The van der Waals surface area contributed by atoms with E-state index in [9.17, 15) is 22.8 Å². The van der Waals surface area contributed by atoms with Gasteiger partial charge in [-0.15, -0.1) is 0 Å². The Kier molecular flexibility index (Phi) is 4.51. The maximum Gasteiger partial charge on any atom is 0.406 e. The van der Waals surface area contributed by atoms with Gasteiger partial charge >= 0.3 is 18.2 Å². The molecule has 0 spiro atoms. The summed E-state index contributed by atoms with van der Waals surface area (Å²) in [6.45, 7) is 5.03. The van der Waals surface area contributed by atoms with Crippen molar-refractivity contribution >= 4 is 12.0 Å². The van der Waals surface area contributed by atoms with Crippen molar-refractivity contribution in [3.05, 3.63) is 0 Å². The van der Waals surface area contributed by atoms with Crippen LogP contribution in [-0.4, -0.2) is 59.8 Å². The first-order chi connectivity index (χ1) is 9.30. The molecule has 0 aromatic rings. The largest absolute Gasteiger partial charge is 0.481 e. The number of amides is 2. The molecule has 0 aromatic heterocycles. The minimum atomic E-state index is -4.88. The maximum absolute atomic E-state index is 13.0. The Morgan fingerprint density at radius 1 is 1.29 bits per heavy atom. The molecule has 1 rings (SSSR count). The molecule has 0 aromatic carbocycles. The molecular formula is C13H21F3N2O3. The van der Waals surface area contributed by atoms with Crippen molar-refractivity contribution in [2.75, 3.05) is 26.7 Å². The number of nitrogens with zero attached hydrogens (tertiary/aromatic N) is 2. The van der Waals surface area contributed by atoms with E-state index in [2.05, 4.69) is 0 Å². The van der Waals surface area contributed by atoms with Gasteiger partial charge in [-0.25, -0.2) is 4.79 Å². The molecule has 21 heavy (non-hydrogen) atoms. The Morgan fingerprint density at radius 2 is 1.81 bits per heavy atom. The first-order valence-corrected chi connectivity index (χ1v) is 6.60. The fourth-order valence-corrected chi connectivity index (χ4v) is 2.52. The van der Waals surface area contributed by atoms with Crippen LogP contribution >= 0.6 is 0 Å². The van der Waals surface area contributed by atoms with Crippen LogP contribution in [0, 0.1) is 10.8 Å². The van der Waals surface area contributed by atoms with Crippen LogP contribution in [-0.2, 0) is 4.79 Å². The Bertz CT molecular complexity index is 431. The van der Waals surface area contributed by atoms with Crippen LogP contribution in [0.3, 0.4) is 0 Å². The summed E-state index contributed by atoms with van der Waals surface area (Å²) in [6, 6.07) is -0.572. The van der Waals surface area contributed by atoms with Gasteiger partial charge in [-0.05, 0) is 11.8 Å². The zero-order valence-electron chi connectivity index (χ0n) is 12.6. The number of aliphatic carboxylic acids is 1. The van der Waals surface area contributed by atoms with E-state index >= 15 is 0 Å². The predicted octanol–water partition coefficient (Wildman–Crippen LogP) is 2.42. The summed E-state index contributed by atoms with van der Waals surface area (Å²) in [4.78, 5) is 25.5. The highest BCUT2D eigenvalue weighted by Crippen LogP contribution is 2.45. The molecule has 1 heterocycles. The van der Waals surface area contributed by atoms with E-state index in [0.29, 0.717) is 6.54 Å². The minimum absolute atomic E-state index is 0.196. The molecule has 1 saturated heterocycles. The monoisotopic (exact) mass is 310 g/mol. The topological polar surface area (TPSA) is 60.9 Å². The third-order valence-electron chi connectivity index (χ3n) is 3.53. The first-order valence-electron chi connectivity index (χ1n) is 6.60. The molecule has 0 saturated carbocycles. The molecule has 5 nitrogen and oxygen atoms in total. The Hall–Kier alpha value is -1.47. The molecule has 0 aliphatic carbocycles. The van der Waals surface area contributed by atoms with Gasteiger partial charge < -0.3 is 14.9 Å². The standard InChI is InChI=1S/C13H21F3N2O3/c1-11(2,3)7-17(4)10(21)18-6-5-12(8-18,9(19)20)13(14,15)16/h5-8H2,1-4H3,(H,19,20). The van der Waals surface area contributed by atoms with Crippen LogP contribution in [0.1, 0.15) is 27.2 Å². The Balaban J connectivity index is 2.86. The Labute approximate surface area is 121 Å². The lowest BCUT2D eigenvalue weighted by Gasteiger charge is -2.31. The zero-order valence-corrected chi connectivity index (χ0v) is 12.6. The van der Waals surface area contributed by atoms with Crippen molar-refractivity contribution < 1.29 is 27.9 Å². The number of alkyl halides is 3. The summed E-state index contributed by atoms with van der Waals surface area (Å²) >= 11 is 0. The van der Waals surface area contributed by atoms with E-state index in [1.165, 1.54) is 11.9 Å². The predicted molar refractivity (Wildman–Crippen MR) is 69.8 cm³/mol. The number of carboxylic acid groups (broad SMARTS) is 1. The first kappa shape index (κ1) is 17.6. The van der Waals surface area contributed by atoms with Crippen molar-refractivity contribution in [1.82, 2.24) is 9.80 Å². The number of carboxylic acids is 1. The summed E-state index contributed by atoms with van der Waals surface area (Å²) in [6.07, 6.45) is -5.49. The van der Waals surface area contributed by atoms with Crippen LogP contribution in [0.25, 0.3) is 0 Å². The van der Waals surface area contributed by atoms with E-state index in [1.54, 1.807) is 0 Å². The quantitative estimate of drug-likeness (QED) is 0.852.